The Morgan fingerprint density at radius 1 is 1.08 bits per heavy atom. The molecule has 1 heterocycles. The van der Waals surface area contributed by atoms with Crippen molar-refractivity contribution in [1.29, 1.82) is 0 Å². The van der Waals surface area contributed by atoms with Crippen LogP contribution in [-0.4, -0.2) is 68.2 Å². The molecule has 0 aromatic heterocycles. The van der Waals surface area contributed by atoms with Gasteiger partial charge in [-0.15, -0.1) is 0 Å². The summed E-state index contributed by atoms with van der Waals surface area (Å²) >= 11 is 0. The van der Waals surface area contributed by atoms with Gasteiger partial charge >= 0.3 is 0 Å². The molecule has 0 spiro atoms. The smallest absolute Gasteiger partial charge is 0.225 e. The van der Waals surface area contributed by atoms with E-state index < -0.39 is 0 Å². The van der Waals surface area contributed by atoms with Gasteiger partial charge in [0.05, 0.1) is 31.8 Å². The first-order valence-corrected chi connectivity index (χ1v) is 10.2. The van der Waals surface area contributed by atoms with Crippen molar-refractivity contribution in [2.24, 2.45) is 11.8 Å². The zero-order chi connectivity index (χ0) is 18.9. The number of rotatable bonds is 11. The molecule has 152 valence electrons. The van der Waals surface area contributed by atoms with E-state index >= 15 is 0 Å². The molecule has 1 N–H and O–H groups in total. The molecule has 6 nitrogen and oxygen atoms in total. The zero-order valence-corrected chi connectivity index (χ0v) is 16.7. The average Bonchev–Trinajstić information content (AvgIpc) is 2.59. The summed E-state index contributed by atoms with van der Waals surface area (Å²) in [7, 11) is 0. The Bertz CT molecular complexity index is 447. The zero-order valence-electron chi connectivity index (χ0n) is 16.7. The van der Waals surface area contributed by atoms with E-state index in [1.165, 1.54) is 0 Å². The predicted octanol–water partition coefficient (Wildman–Crippen LogP) is 2.26. The van der Waals surface area contributed by atoms with Gasteiger partial charge in [0.25, 0.3) is 0 Å². The van der Waals surface area contributed by atoms with Crippen LogP contribution in [0.15, 0.2) is 0 Å². The van der Waals surface area contributed by atoms with Crippen molar-refractivity contribution in [2.45, 2.75) is 65.0 Å². The van der Waals surface area contributed by atoms with Crippen LogP contribution in [0.5, 0.6) is 0 Å². The van der Waals surface area contributed by atoms with E-state index in [-0.39, 0.29) is 25.3 Å². The van der Waals surface area contributed by atoms with Gasteiger partial charge in [-0.1, -0.05) is 6.92 Å². The van der Waals surface area contributed by atoms with E-state index in [1.807, 2.05) is 20.8 Å². The number of nitrogens with zero attached hydrogens (tertiary/aromatic N) is 1. The van der Waals surface area contributed by atoms with E-state index in [4.69, 9.17) is 9.47 Å². The molecule has 1 amide bonds. The fourth-order valence-corrected chi connectivity index (χ4v) is 3.86. The highest BCUT2D eigenvalue weighted by Crippen LogP contribution is 2.32. The maximum absolute atomic E-state index is 12.1. The monoisotopic (exact) mass is 370 g/mol. The van der Waals surface area contributed by atoms with Crippen LogP contribution < -0.4 is 5.32 Å². The molecule has 0 unspecified atom stereocenters. The number of ether oxygens (including phenoxy) is 2. The van der Waals surface area contributed by atoms with Crippen LogP contribution in [0.1, 0.15) is 54.3 Å². The summed E-state index contributed by atoms with van der Waals surface area (Å²) in [6.45, 7) is 9.90. The number of hydrogen-bond acceptors (Lipinski definition) is 5. The summed E-state index contributed by atoms with van der Waals surface area (Å²) in [5.74, 6) is 0.942. The van der Waals surface area contributed by atoms with Gasteiger partial charge in [0.1, 0.15) is 5.78 Å². The Kier molecular flexibility index (Phi) is 9.02. The molecule has 0 bridgehead atoms. The second-order valence-electron chi connectivity index (χ2n) is 7.80. The Balaban J connectivity index is 0.00000364. The molecule has 0 aromatic carbocycles. The van der Waals surface area contributed by atoms with E-state index in [0.717, 1.165) is 38.8 Å². The van der Waals surface area contributed by atoms with Crippen molar-refractivity contribution >= 4 is 11.7 Å². The molecule has 0 radical (unpaired) electrons. The lowest BCUT2D eigenvalue weighted by atomic mass is 9.80. The maximum atomic E-state index is 12.1. The van der Waals surface area contributed by atoms with Gasteiger partial charge in [0, 0.05) is 39.4 Å². The van der Waals surface area contributed by atoms with Crippen LogP contribution in [-0.2, 0) is 19.1 Å². The van der Waals surface area contributed by atoms with Gasteiger partial charge in [-0.3, -0.25) is 14.5 Å². The molecule has 6 heteroatoms. The fourth-order valence-electron chi connectivity index (χ4n) is 3.86. The largest absolute Gasteiger partial charge is 0.377 e. The third kappa shape index (κ3) is 6.63. The summed E-state index contributed by atoms with van der Waals surface area (Å²) in [5.41, 5.74) is 0. The van der Waals surface area contributed by atoms with Crippen molar-refractivity contribution in [3.63, 3.8) is 0 Å². The first-order chi connectivity index (χ1) is 12.5. The molecule has 2 fully saturated rings. The van der Waals surface area contributed by atoms with Gasteiger partial charge in [-0.2, -0.15) is 0 Å². The molecule has 1 saturated heterocycles. The number of amides is 1. The third-order valence-electron chi connectivity index (χ3n) is 5.52. The lowest BCUT2D eigenvalue weighted by molar-refractivity contribution is -0.132. The van der Waals surface area contributed by atoms with E-state index in [1.54, 1.807) is 0 Å². The summed E-state index contributed by atoms with van der Waals surface area (Å²) in [5, 5.41) is 2.96. The minimum absolute atomic E-state index is 0. The lowest BCUT2D eigenvalue weighted by Crippen LogP contribution is -2.58. The Labute approximate surface area is 159 Å². The second kappa shape index (κ2) is 11.0. The van der Waals surface area contributed by atoms with Crippen molar-refractivity contribution in [3.8, 4) is 0 Å². The third-order valence-corrected chi connectivity index (χ3v) is 5.52. The van der Waals surface area contributed by atoms with Crippen molar-refractivity contribution in [3.05, 3.63) is 0 Å². The molecule has 2 rings (SSSR count). The predicted molar refractivity (Wildman–Crippen MR) is 103 cm³/mol. The Morgan fingerprint density at radius 3 is 2.38 bits per heavy atom. The van der Waals surface area contributed by atoms with Gasteiger partial charge < -0.3 is 14.8 Å². The van der Waals surface area contributed by atoms with Gasteiger partial charge in [0.2, 0.25) is 5.91 Å². The highest BCUT2D eigenvalue weighted by atomic mass is 16.5. The van der Waals surface area contributed by atoms with Crippen LogP contribution in [0, 0.1) is 11.8 Å². The number of nitrogens with one attached hydrogen (secondary N) is 1. The van der Waals surface area contributed by atoms with Crippen LogP contribution >= 0.6 is 0 Å². The number of carbonyl (C=O) groups is 2. The number of ketones is 1. The number of Topliss-reactive ketones (excluding diaryl/α,β-unsaturated/α-hetero) is 1. The molecule has 0 aromatic rings. The number of likely N-dealkylation sites (tertiary alicyclic amines) is 1. The molecular formula is C20H38N2O4. The lowest BCUT2D eigenvalue weighted by Gasteiger charge is -2.45. The average molecular weight is 371 g/mol. The summed E-state index contributed by atoms with van der Waals surface area (Å²) in [6, 6.07) is 0.559. The molecule has 1 aliphatic heterocycles. The fraction of sp³-hybridized carbons (Fsp3) is 0.900. The molecular weight excluding hydrogens is 332 g/mol. The van der Waals surface area contributed by atoms with E-state index in [2.05, 4.69) is 10.2 Å². The Hall–Kier alpha value is -0.980. The minimum atomic E-state index is 0. The second-order valence-corrected chi connectivity index (χ2v) is 7.80. The Morgan fingerprint density at radius 2 is 1.77 bits per heavy atom. The molecule has 1 aliphatic carbocycles. The highest BCUT2D eigenvalue weighted by molar-refractivity contribution is 5.81. The van der Waals surface area contributed by atoms with Crippen LogP contribution in [0.2, 0.25) is 0 Å². The summed E-state index contributed by atoms with van der Waals surface area (Å²) in [6.07, 6.45) is 5.11. The molecule has 0 atom stereocenters. The maximum Gasteiger partial charge on any atom is 0.225 e. The topological polar surface area (TPSA) is 67.9 Å². The van der Waals surface area contributed by atoms with Gasteiger partial charge in [0.15, 0.2) is 0 Å². The first kappa shape index (κ1) is 21.3. The summed E-state index contributed by atoms with van der Waals surface area (Å²) in [4.78, 5) is 26.4. The number of hydrogen-bond donors (Lipinski definition) is 1. The molecule has 2 aliphatic rings. The van der Waals surface area contributed by atoms with Crippen LogP contribution in [0.4, 0.5) is 0 Å². The van der Waals surface area contributed by atoms with Crippen LogP contribution in [0.3, 0.4) is 0 Å². The van der Waals surface area contributed by atoms with Gasteiger partial charge in [-0.25, -0.2) is 0 Å². The van der Waals surface area contributed by atoms with Crippen molar-refractivity contribution < 1.29 is 20.5 Å². The first-order valence-electron chi connectivity index (χ1n) is 10.2. The number of carbonyl (C=O) groups excluding carboxylic acids is 2. The van der Waals surface area contributed by atoms with Gasteiger partial charge in [-0.05, 0) is 39.5 Å². The summed E-state index contributed by atoms with van der Waals surface area (Å²) < 4.78 is 10.8. The van der Waals surface area contributed by atoms with Crippen molar-refractivity contribution in [2.75, 3.05) is 39.5 Å². The van der Waals surface area contributed by atoms with E-state index in [9.17, 15) is 9.59 Å². The minimum Gasteiger partial charge on any atom is -0.377 e. The highest BCUT2D eigenvalue weighted by Gasteiger charge is 2.38. The van der Waals surface area contributed by atoms with Crippen LogP contribution in [0.25, 0.3) is 0 Å². The quantitative estimate of drug-likeness (QED) is 0.565. The molecule has 26 heavy (non-hydrogen) atoms. The normalized spacial score (nSPS) is 24.5. The van der Waals surface area contributed by atoms with Crippen molar-refractivity contribution in [1.82, 2.24) is 10.2 Å². The SMILES string of the molecule is CCC(=O)C1CCC(N2CC(C(=O)NCCOCCOC(C)C)C2)CC1.[HH]. The standard InChI is InChI=1S/C20H36N2O4.H2/c1-4-19(23)16-5-7-18(8-6-16)22-13-17(14-22)20(24)21-9-10-25-11-12-26-15(2)3;/h15-18H,4-14H2,1-3H3,(H,21,24);1H. The van der Waals surface area contributed by atoms with E-state index in [0.29, 0.717) is 44.6 Å². The molecule has 1 saturated carbocycles.